The third-order valence-corrected chi connectivity index (χ3v) is 6.80. The number of urea groups is 1. The number of imide groups is 2. The molecule has 4 aromatic carbocycles. The smallest absolute Gasteiger partial charge is 0.335 e. The van der Waals surface area contributed by atoms with Crippen molar-refractivity contribution in [3.63, 3.8) is 0 Å². The zero-order valence-electron chi connectivity index (χ0n) is 22.9. The number of nitrogens with zero attached hydrogens (tertiary/aromatic N) is 1. The van der Waals surface area contributed by atoms with Gasteiger partial charge in [-0.1, -0.05) is 75.4 Å². The van der Waals surface area contributed by atoms with E-state index in [0.29, 0.717) is 29.4 Å². The van der Waals surface area contributed by atoms with Crippen molar-refractivity contribution in [1.29, 1.82) is 0 Å². The van der Waals surface area contributed by atoms with Crippen LogP contribution in [0.2, 0.25) is 0 Å². The fraction of sp³-hybridized carbons (Fsp3) is 0.182. The highest BCUT2D eigenvalue weighted by atomic mass is 16.5. The van der Waals surface area contributed by atoms with Gasteiger partial charge < -0.3 is 9.47 Å². The van der Waals surface area contributed by atoms with E-state index in [-0.39, 0.29) is 11.0 Å². The summed E-state index contributed by atoms with van der Waals surface area (Å²) in [6.45, 7) is 6.57. The maximum Gasteiger partial charge on any atom is 0.335 e. The minimum atomic E-state index is -0.786. The number of hydrogen-bond donors (Lipinski definition) is 1. The summed E-state index contributed by atoms with van der Waals surface area (Å²) in [6, 6.07) is 25.8. The number of hydrogen-bond acceptors (Lipinski definition) is 5. The van der Waals surface area contributed by atoms with E-state index in [1.165, 1.54) is 13.2 Å². The summed E-state index contributed by atoms with van der Waals surface area (Å²) in [4.78, 5) is 39.6. The van der Waals surface area contributed by atoms with Gasteiger partial charge in [-0.15, -0.1) is 0 Å². The van der Waals surface area contributed by atoms with Gasteiger partial charge in [0.2, 0.25) is 0 Å². The lowest BCUT2D eigenvalue weighted by atomic mass is 9.87. The molecule has 202 valence electrons. The third-order valence-electron chi connectivity index (χ3n) is 6.80. The molecule has 4 aromatic rings. The Bertz CT molecular complexity index is 1650. The molecular formula is C33H30N2O5. The zero-order chi connectivity index (χ0) is 28.4. The first-order chi connectivity index (χ1) is 19.1. The number of anilines is 1. The van der Waals surface area contributed by atoms with E-state index in [9.17, 15) is 14.4 Å². The number of amides is 4. The lowest BCUT2D eigenvalue weighted by Gasteiger charge is -2.27. The normalized spacial score (nSPS) is 14.9. The Hall–Kier alpha value is -4.91. The first kappa shape index (κ1) is 26.7. The molecule has 1 aliphatic rings. The van der Waals surface area contributed by atoms with E-state index >= 15 is 0 Å². The molecule has 0 spiro atoms. The molecule has 0 radical (unpaired) electrons. The van der Waals surface area contributed by atoms with Crippen LogP contribution in [0.25, 0.3) is 16.8 Å². The van der Waals surface area contributed by atoms with Crippen LogP contribution in [0, 0.1) is 0 Å². The van der Waals surface area contributed by atoms with Crippen LogP contribution in [0.5, 0.6) is 11.5 Å². The zero-order valence-corrected chi connectivity index (χ0v) is 22.9. The minimum absolute atomic E-state index is 0.0852. The molecule has 1 saturated heterocycles. The number of benzene rings is 4. The van der Waals surface area contributed by atoms with Crippen molar-refractivity contribution >= 4 is 40.4 Å². The van der Waals surface area contributed by atoms with E-state index in [4.69, 9.17) is 9.47 Å². The van der Waals surface area contributed by atoms with E-state index in [1.54, 1.807) is 30.3 Å². The molecule has 4 amide bonds. The quantitative estimate of drug-likeness (QED) is 0.229. The van der Waals surface area contributed by atoms with E-state index in [1.807, 2.05) is 30.3 Å². The lowest BCUT2D eigenvalue weighted by Crippen LogP contribution is -2.54. The number of methoxy groups -OCH3 is 1. The SMILES string of the molecule is COc1cc(/C=C2\C(=O)NC(=O)N(c3ccc(C(C)(C)C)cc3)C2=O)ccc1OCc1ccc2ccccc2c1. The molecule has 0 aromatic heterocycles. The van der Waals surface area contributed by atoms with Gasteiger partial charge in [0, 0.05) is 0 Å². The highest BCUT2D eigenvalue weighted by molar-refractivity contribution is 6.39. The van der Waals surface area contributed by atoms with Gasteiger partial charge in [0.15, 0.2) is 11.5 Å². The van der Waals surface area contributed by atoms with Gasteiger partial charge >= 0.3 is 6.03 Å². The molecule has 7 heteroatoms. The number of carbonyl (C=O) groups excluding carboxylic acids is 3. The van der Waals surface area contributed by atoms with Crippen molar-refractivity contribution in [2.24, 2.45) is 0 Å². The van der Waals surface area contributed by atoms with Gasteiger partial charge in [-0.2, -0.15) is 0 Å². The predicted molar refractivity (Wildman–Crippen MR) is 155 cm³/mol. The Balaban J connectivity index is 1.37. The van der Waals surface area contributed by atoms with Crippen molar-refractivity contribution in [1.82, 2.24) is 5.32 Å². The number of nitrogens with one attached hydrogen (secondary N) is 1. The number of carbonyl (C=O) groups is 3. The second-order valence-corrected chi connectivity index (χ2v) is 10.6. The molecule has 0 bridgehead atoms. The Morgan fingerprint density at radius 3 is 2.25 bits per heavy atom. The third kappa shape index (κ3) is 5.45. The molecule has 0 atom stereocenters. The van der Waals surface area contributed by atoms with Gasteiger partial charge in [0.05, 0.1) is 12.8 Å². The number of rotatable bonds is 6. The second kappa shape index (κ2) is 10.7. The van der Waals surface area contributed by atoms with Crippen LogP contribution in [0.3, 0.4) is 0 Å². The molecule has 0 saturated carbocycles. The molecule has 1 heterocycles. The maximum absolute atomic E-state index is 13.3. The number of fused-ring (bicyclic) bond motifs is 1. The van der Waals surface area contributed by atoms with Crippen LogP contribution >= 0.6 is 0 Å². The maximum atomic E-state index is 13.3. The Morgan fingerprint density at radius 1 is 0.825 bits per heavy atom. The fourth-order valence-corrected chi connectivity index (χ4v) is 4.55. The highest BCUT2D eigenvalue weighted by Crippen LogP contribution is 2.31. The second-order valence-electron chi connectivity index (χ2n) is 10.6. The van der Waals surface area contributed by atoms with Crippen LogP contribution in [-0.2, 0) is 21.6 Å². The van der Waals surface area contributed by atoms with Crippen molar-refractivity contribution in [3.05, 3.63) is 107 Å². The highest BCUT2D eigenvalue weighted by Gasteiger charge is 2.37. The molecule has 7 nitrogen and oxygen atoms in total. The van der Waals surface area contributed by atoms with E-state index in [0.717, 1.165) is 26.8 Å². The molecule has 0 aliphatic carbocycles. The Kier molecular flexibility index (Phi) is 7.13. The summed E-state index contributed by atoms with van der Waals surface area (Å²) < 4.78 is 11.6. The number of barbiturate groups is 1. The topological polar surface area (TPSA) is 84.9 Å². The van der Waals surface area contributed by atoms with Gasteiger partial charge in [-0.3, -0.25) is 14.9 Å². The summed E-state index contributed by atoms with van der Waals surface area (Å²) in [5.74, 6) is -0.488. The molecule has 1 fully saturated rings. The molecule has 1 N–H and O–H groups in total. The first-order valence-electron chi connectivity index (χ1n) is 12.9. The summed E-state index contributed by atoms with van der Waals surface area (Å²) in [5.41, 5.74) is 2.75. The van der Waals surface area contributed by atoms with Crippen LogP contribution in [0.4, 0.5) is 10.5 Å². The molecule has 1 aliphatic heterocycles. The van der Waals surface area contributed by atoms with Crippen molar-refractivity contribution in [3.8, 4) is 11.5 Å². The van der Waals surface area contributed by atoms with Crippen molar-refractivity contribution in [2.75, 3.05) is 12.0 Å². The van der Waals surface area contributed by atoms with Crippen LogP contribution < -0.4 is 19.7 Å². The summed E-state index contributed by atoms with van der Waals surface area (Å²) >= 11 is 0. The van der Waals surface area contributed by atoms with Gasteiger partial charge in [-0.25, -0.2) is 9.69 Å². The fourth-order valence-electron chi connectivity index (χ4n) is 4.55. The van der Waals surface area contributed by atoms with Crippen molar-refractivity contribution in [2.45, 2.75) is 32.8 Å². The van der Waals surface area contributed by atoms with Gasteiger partial charge in [0.25, 0.3) is 11.8 Å². The summed E-state index contributed by atoms with van der Waals surface area (Å²) in [7, 11) is 1.52. The lowest BCUT2D eigenvalue weighted by molar-refractivity contribution is -0.122. The molecule has 5 rings (SSSR count). The van der Waals surface area contributed by atoms with Crippen molar-refractivity contribution < 1.29 is 23.9 Å². The molecular weight excluding hydrogens is 504 g/mol. The molecule has 40 heavy (non-hydrogen) atoms. The van der Waals surface area contributed by atoms with Crippen LogP contribution in [-0.4, -0.2) is 25.0 Å². The average molecular weight is 535 g/mol. The standard InChI is InChI=1S/C33H30N2O5/c1-33(2,3)25-12-14-26(15-13-25)35-31(37)27(30(36)34-32(35)38)18-21-10-16-28(29(19-21)39-4)40-20-22-9-11-23-7-5-6-8-24(23)17-22/h5-19H,20H2,1-4H3,(H,34,36,38)/b27-18+. The summed E-state index contributed by atoms with van der Waals surface area (Å²) in [5, 5.41) is 4.55. The van der Waals surface area contributed by atoms with E-state index in [2.05, 4.69) is 50.4 Å². The summed E-state index contributed by atoms with van der Waals surface area (Å²) in [6.07, 6.45) is 1.44. The Morgan fingerprint density at radius 2 is 1.55 bits per heavy atom. The monoisotopic (exact) mass is 534 g/mol. The van der Waals surface area contributed by atoms with Gasteiger partial charge in [0.1, 0.15) is 12.2 Å². The van der Waals surface area contributed by atoms with Crippen LogP contribution in [0.1, 0.15) is 37.5 Å². The Labute approximate surface area is 233 Å². The predicted octanol–water partition coefficient (Wildman–Crippen LogP) is 6.39. The van der Waals surface area contributed by atoms with E-state index < -0.39 is 17.8 Å². The van der Waals surface area contributed by atoms with Crippen LogP contribution in [0.15, 0.2) is 90.5 Å². The average Bonchev–Trinajstić information content (AvgIpc) is 2.94. The first-order valence-corrected chi connectivity index (χ1v) is 12.9. The van der Waals surface area contributed by atoms with Gasteiger partial charge in [-0.05, 0) is 69.3 Å². The molecule has 0 unspecified atom stereocenters. The largest absolute Gasteiger partial charge is 0.493 e. The number of ether oxygens (including phenoxy) is 2. The minimum Gasteiger partial charge on any atom is -0.493 e.